The van der Waals surface area contributed by atoms with Gasteiger partial charge in [0.15, 0.2) is 11.6 Å². The lowest BCUT2D eigenvalue weighted by atomic mass is 10.2. The Morgan fingerprint density at radius 2 is 2.00 bits per heavy atom. The first kappa shape index (κ1) is 13.6. The summed E-state index contributed by atoms with van der Waals surface area (Å²) in [5, 5.41) is 3.17. The maximum Gasteiger partial charge on any atom is 0.167 e. The van der Waals surface area contributed by atoms with Crippen molar-refractivity contribution in [2.75, 3.05) is 6.54 Å². The fraction of sp³-hybridized carbons (Fsp3) is 0.333. The summed E-state index contributed by atoms with van der Waals surface area (Å²) in [5.41, 5.74) is 0.574. The molecule has 0 aliphatic carbocycles. The van der Waals surface area contributed by atoms with Gasteiger partial charge in [-0.25, -0.2) is 4.39 Å². The second-order valence-electron chi connectivity index (χ2n) is 4.32. The summed E-state index contributed by atoms with van der Waals surface area (Å²) >= 11 is 0. The molecule has 1 aromatic carbocycles. The van der Waals surface area contributed by atoms with E-state index in [-0.39, 0.29) is 18.2 Å². The van der Waals surface area contributed by atoms with Crippen molar-refractivity contribution in [3.63, 3.8) is 0 Å². The van der Waals surface area contributed by atoms with Crippen molar-refractivity contribution in [3.8, 4) is 5.75 Å². The lowest BCUT2D eigenvalue weighted by molar-refractivity contribution is 0.254. The van der Waals surface area contributed by atoms with Crippen LogP contribution in [0.4, 0.5) is 4.39 Å². The molecule has 0 radical (unpaired) electrons. The summed E-state index contributed by atoms with van der Waals surface area (Å²) in [6.07, 6.45) is 0. The molecule has 0 aliphatic heterocycles. The molecule has 2 rings (SSSR count). The van der Waals surface area contributed by atoms with Crippen molar-refractivity contribution in [2.24, 2.45) is 0 Å². The van der Waals surface area contributed by atoms with Crippen LogP contribution in [0.25, 0.3) is 0 Å². The van der Waals surface area contributed by atoms with Crippen LogP contribution >= 0.6 is 0 Å². The average molecular weight is 263 g/mol. The van der Waals surface area contributed by atoms with Crippen LogP contribution in [0.5, 0.6) is 5.75 Å². The van der Waals surface area contributed by atoms with E-state index in [0.717, 1.165) is 12.3 Å². The Morgan fingerprint density at radius 1 is 1.21 bits per heavy atom. The van der Waals surface area contributed by atoms with E-state index >= 15 is 0 Å². The standard InChI is InChI=1S/C15H18FNO2/c1-3-17-9-12-7-8-13(19-12)10-18-14-6-4-5-11(2)15(14)16/h4-8,17H,3,9-10H2,1-2H3. The molecule has 0 spiro atoms. The Bertz CT molecular complexity index is 537. The third kappa shape index (κ3) is 3.58. The lowest BCUT2D eigenvalue weighted by Crippen LogP contribution is -2.10. The summed E-state index contributed by atoms with van der Waals surface area (Å²) in [6.45, 7) is 5.56. The van der Waals surface area contributed by atoms with Crippen molar-refractivity contribution in [1.29, 1.82) is 0 Å². The minimum atomic E-state index is -0.318. The van der Waals surface area contributed by atoms with E-state index in [0.29, 0.717) is 17.9 Å². The summed E-state index contributed by atoms with van der Waals surface area (Å²) in [6, 6.07) is 8.84. The molecule has 2 aromatic rings. The van der Waals surface area contributed by atoms with Crippen LogP contribution in [0.15, 0.2) is 34.7 Å². The van der Waals surface area contributed by atoms with E-state index in [9.17, 15) is 4.39 Å². The van der Waals surface area contributed by atoms with Gasteiger partial charge in [-0.3, -0.25) is 0 Å². The maximum atomic E-state index is 13.7. The second-order valence-corrected chi connectivity index (χ2v) is 4.32. The Balaban J connectivity index is 1.95. The van der Waals surface area contributed by atoms with Crippen molar-refractivity contribution in [1.82, 2.24) is 5.32 Å². The highest BCUT2D eigenvalue weighted by molar-refractivity contribution is 5.30. The molecule has 0 fully saturated rings. The molecular formula is C15H18FNO2. The van der Waals surface area contributed by atoms with Crippen molar-refractivity contribution in [2.45, 2.75) is 27.0 Å². The molecule has 1 aromatic heterocycles. The monoisotopic (exact) mass is 263 g/mol. The van der Waals surface area contributed by atoms with E-state index in [2.05, 4.69) is 5.32 Å². The van der Waals surface area contributed by atoms with Gasteiger partial charge < -0.3 is 14.5 Å². The normalized spacial score (nSPS) is 10.7. The molecule has 0 unspecified atom stereocenters. The molecule has 0 saturated heterocycles. The van der Waals surface area contributed by atoms with Gasteiger partial charge in [-0.05, 0) is 37.2 Å². The van der Waals surface area contributed by atoms with Gasteiger partial charge in [0.1, 0.15) is 18.1 Å². The number of benzene rings is 1. The van der Waals surface area contributed by atoms with Crippen LogP contribution in [0, 0.1) is 12.7 Å². The highest BCUT2D eigenvalue weighted by atomic mass is 19.1. The first-order chi connectivity index (χ1) is 9.20. The summed E-state index contributed by atoms with van der Waals surface area (Å²) in [5.74, 6) is 1.48. The van der Waals surface area contributed by atoms with Crippen LogP contribution in [-0.2, 0) is 13.2 Å². The minimum Gasteiger partial charge on any atom is -0.483 e. The third-order valence-corrected chi connectivity index (χ3v) is 2.79. The molecule has 0 bridgehead atoms. The molecule has 0 saturated carbocycles. The third-order valence-electron chi connectivity index (χ3n) is 2.79. The van der Waals surface area contributed by atoms with Crippen LogP contribution in [0.2, 0.25) is 0 Å². The fourth-order valence-corrected chi connectivity index (χ4v) is 1.72. The van der Waals surface area contributed by atoms with Gasteiger partial charge in [-0.15, -0.1) is 0 Å². The smallest absolute Gasteiger partial charge is 0.167 e. The Hall–Kier alpha value is -1.81. The van der Waals surface area contributed by atoms with E-state index in [1.165, 1.54) is 0 Å². The van der Waals surface area contributed by atoms with E-state index < -0.39 is 0 Å². The minimum absolute atomic E-state index is 0.229. The zero-order valence-corrected chi connectivity index (χ0v) is 11.2. The second kappa shape index (κ2) is 6.38. The summed E-state index contributed by atoms with van der Waals surface area (Å²) in [7, 11) is 0. The number of rotatable bonds is 6. The van der Waals surface area contributed by atoms with Gasteiger partial charge >= 0.3 is 0 Å². The van der Waals surface area contributed by atoms with Crippen LogP contribution < -0.4 is 10.1 Å². The predicted octanol–water partition coefficient (Wildman–Crippen LogP) is 3.42. The highest BCUT2D eigenvalue weighted by Gasteiger charge is 2.07. The van der Waals surface area contributed by atoms with Crippen LogP contribution in [-0.4, -0.2) is 6.54 Å². The van der Waals surface area contributed by atoms with Gasteiger partial charge in [0.05, 0.1) is 6.54 Å². The van der Waals surface area contributed by atoms with Gasteiger partial charge in [0.2, 0.25) is 0 Å². The fourth-order valence-electron chi connectivity index (χ4n) is 1.72. The van der Waals surface area contributed by atoms with Crippen molar-refractivity contribution >= 4 is 0 Å². The van der Waals surface area contributed by atoms with E-state index in [4.69, 9.17) is 9.15 Å². The number of nitrogens with one attached hydrogen (secondary N) is 1. The number of furan rings is 1. The van der Waals surface area contributed by atoms with Gasteiger partial charge in [-0.2, -0.15) is 0 Å². The molecule has 0 amide bonds. The molecule has 0 atom stereocenters. The number of halogens is 1. The molecule has 1 N–H and O–H groups in total. The lowest BCUT2D eigenvalue weighted by Gasteiger charge is -2.06. The zero-order chi connectivity index (χ0) is 13.7. The van der Waals surface area contributed by atoms with Crippen LogP contribution in [0.1, 0.15) is 24.0 Å². The molecule has 1 heterocycles. The highest BCUT2D eigenvalue weighted by Crippen LogP contribution is 2.21. The molecule has 19 heavy (non-hydrogen) atoms. The topological polar surface area (TPSA) is 34.4 Å². The van der Waals surface area contributed by atoms with Gasteiger partial charge in [0, 0.05) is 0 Å². The first-order valence-electron chi connectivity index (χ1n) is 6.37. The molecular weight excluding hydrogens is 245 g/mol. The average Bonchev–Trinajstić information content (AvgIpc) is 2.86. The Kier molecular flexibility index (Phi) is 4.58. The Morgan fingerprint density at radius 3 is 2.79 bits per heavy atom. The van der Waals surface area contributed by atoms with E-state index in [1.54, 1.807) is 25.1 Å². The number of aryl methyl sites for hydroxylation is 1. The molecule has 3 nitrogen and oxygen atoms in total. The van der Waals surface area contributed by atoms with Gasteiger partial charge in [0.25, 0.3) is 0 Å². The molecule has 102 valence electrons. The maximum absolute atomic E-state index is 13.7. The van der Waals surface area contributed by atoms with Crippen molar-refractivity contribution in [3.05, 3.63) is 53.2 Å². The summed E-state index contributed by atoms with van der Waals surface area (Å²) < 4.78 is 24.7. The molecule has 0 aliphatic rings. The van der Waals surface area contributed by atoms with Crippen molar-refractivity contribution < 1.29 is 13.5 Å². The SMILES string of the molecule is CCNCc1ccc(COc2cccc(C)c2F)o1. The van der Waals surface area contributed by atoms with Gasteiger partial charge in [-0.1, -0.05) is 19.1 Å². The number of hydrogen-bond acceptors (Lipinski definition) is 3. The quantitative estimate of drug-likeness (QED) is 0.867. The predicted molar refractivity (Wildman–Crippen MR) is 71.6 cm³/mol. The van der Waals surface area contributed by atoms with Crippen LogP contribution in [0.3, 0.4) is 0 Å². The Labute approximate surface area is 112 Å². The number of hydrogen-bond donors (Lipinski definition) is 1. The first-order valence-corrected chi connectivity index (χ1v) is 6.37. The number of ether oxygens (including phenoxy) is 1. The summed E-state index contributed by atoms with van der Waals surface area (Å²) in [4.78, 5) is 0. The van der Waals surface area contributed by atoms with E-state index in [1.807, 2.05) is 19.1 Å². The molecule has 4 heteroatoms. The zero-order valence-electron chi connectivity index (χ0n) is 11.2. The largest absolute Gasteiger partial charge is 0.483 e.